The fraction of sp³-hybridized carbons (Fsp3) is 0.500. The SMILES string of the molecule is OCC1CCCCC1NCc1csc(-c2ccc3c(c2)OCO3)n1. The van der Waals surface area contributed by atoms with Gasteiger partial charge < -0.3 is 19.9 Å². The van der Waals surface area contributed by atoms with Crippen LogP contribution in [0, 0.1) is 5.92 Å². The summed E-state index contributed by atoms with van der Waals surface area (Å²) >= 11 is 1.64. The highest BCUT2D eigenvalue weighted by Gasteiger charge is 2.24. The van der Waals surface area contributed by atoms with Gasteiger partial charge in [-0.1, -0.05) is 12.8 Å². The Labute approximate surface area is 145 Å². The fourth-order valence-corrected chi connectivity index (χ4v) is 4.30. The van der Waals surface area contributed by atoms with Crippen molar-refractivity contribution in [2.75, 3.05) is 13.4 Å². The van der Waals surface area contributed by atoms with Crippen LogP contribution < -0.4 is 14.8 Å². The number of aliphatic hydroxyl groups excluding tert-OH is 1. The topological polar surface area (TPSA) is 63.6 Å². The normalized spacial score (nSPS) is 22.7. The van der Waals surface area contributed by atoms with E-state index in [1.807, 2.05) is 18.2 Å². The van der Waals surface area contributed by atoms with Crippen LogP contribution in [0.25, 0.3) is 10.6 Å². The van der Waals surface area contributed by atoms with Crippen molar-refractivity contribution in [1.29, 1.82) is 0 Å². The number of hydrogen-bond acceptors (Lipinski definition) is 6. The first-order valence-corrected chi connectivity index (χ1v) is 9.40. The molecule has 2 N–H and O–H groups in total. The Kier molecular flexibility index (Phi) is 4.69. The van der Waals surface area contributed by atoms with E-state index in [0.717, 1.165) is 47.2 Å². The van der Waals surface area contributed by atoms with Crippen LogP contribution in [0.15, 0.2) is 23.6 Å². The molecule has 128 valence electrons. The summed E-state index contributed by atoms with van der Waals surface area (Å²) in [7, 11) is 0. The Morgan fingerprint density at radius 1 is 1.21 bits per heavy atom. The lowest BCUT2D eigenvalue weighted by Gasteiger charge is -2.30. The van der Waals surface area contributed by atoms with Gasteiger partial charge in [0.2, 0.25) is 6.79 Å². The summed E-state index contributed by atoms with van der Waals surface area (Å²) in [5.74, 6) is 1.96. The molecule has 0 bridgehead atoms. The number of aliphatic hydroxyl groups is 1. The largest absolute Gasteiger partial charge is 0.454 e. The number of benzene rings is 1. The summed E-state index contributed by atoms with van der Waals surface area (Å²) in [6, 6.07) is 6.35. The van der Waals surface area contributed by atoms with Crippen molar-refractivity contribution in [3.63, 3.8) is 0 Å². The Balaban J connectivity index is 1.41. The minimum atomic E-state index is 0.275. The van der Waals surface area contributed by atoms with Crippen LogP contribution in [-0.2, 0) is 6.54 Å². The molecule has 1 aliphatic heterocycles. The summed E-state index contributed by atoms with van der Waals surface area (Å²) < 4.78 is 10.8. The Morgan fingerprint density at radius 3 is 3.00 bits per heavy atom. The van der Waals surface area contributed by atoms with Crippen molar-refractivity contribution in [3.05, 3.63) is 29.3 Å². The third-order valence-electron chi connectivity index (χ3n) is 4.86. The fourth-order valence-electron chi connectivity index (χ4n) is 3.48. The zero-order valence-corrected chi connectivity index (χ0v) is 14.3. The van der Waals surface area contributed by atoms with E-state index in [-0.39, 0.29) is 6.61 Å². The lowest BCUT2D eigenvalue weighted by atomic mass is 9.85. The minimum absolute atomic E-state index is 0.275. The molecule has 24 heavy (non-hydrogen) atoms. The molecule has 1 aromatic heterocycles. The molecule has 0 saturated heterocycles. The van der Waals surface area contributed by atoms with E-state index < -0.39 is 0 Å². The molecule has 2 unspecified atom stereocenters. The van der Waals surface area contributed by atoms with Crippen molar-refractivity contribution in [2.45, 2.75) is 38.3 Å². The van der Waals surface area contributed by atoms with E-state index in [1.54, 1.807) is 11.3 Å². The quantitative estimate of drug-likeness (QED) is 0.871. The third-order valence-corrected chi connectivity index (χ3v) is 5.80. The average molecular weight is 346 g/mol. The lowest BCUT2D eigenvalue weighted by molar-refractivity contribution is 0.152. The molecule has 1 fully saturated rings. The number of aromatic nitrogens is 1. The van der Waals surface area contributed by atoms with Gasteiger partial charge in [-0.15, -0.1) is 11.3 Å². The number of thiazole rings is 1. The summed E-state index contributed by atoms with van der Waals surface area (Å²) in [6.07, 6.45) is 4.74. The molecule has 4 rings (SSSR count). The Hall–Kier alpha value is -1.63. The standard InChI is InChI=1S/C18H22N2O3S/c21-9-13-3-1-2-4-15(13)19-8-14-10-24-18(20-14)12-5-6-16-17(7-12)23-11-22-16/h5-7,10,13,15,19,21H,1-4,8-9,11H2. The van der Waals surface area contributed by atoms with Crippen LogP contribution in [0.2, 0.25) is 0 Å². The molecule has 1 aromatic carbocycles. The minimum Gasteiger partial charge on any atom is -0.454 e. The molecule has 1 saturated carbocycles. The van der Waals surface area contributed by atoms with Gasteiger partial charge in [0.15, 0.2) is 11.5 Å². The molecule has 2 aromatic rings. The first-order chi connectivity index (χ1) is 11.8. The Morgan fingerprint density at radius 2 is 2.08 bits per heavy atom. The second kappa shape index (κ2) is 7.09. The van der Waals surface area contributed by atoms with Crippen molar-refractivity contribution in [1.82, 2.24) is 10.3 Å². The van der Waals surface area contributed by atoms with Crippen LogP contribution in [0.5, 0.6) is 11.5 Å². The zero-order chi connectivity index (χ0) is 16.4. The van der Waals surface area contributed by atoms with Crippen LogP contribution in [-0.4, -0.2) is 29.5 Å². The zero-order valence-electron chi connectivity index (χ0n) is 13.5. The van der Waals surface area contributed by atoms with E-state index in [9.17, 15) is 5.11 Å². The van der Waals surface area contributed by atoms with E-state index in [2.05, 4.69) is 10.7 Å². The summed E-state index contributed by atoms with van der Waals surface area (Å²) in [5, 5.41) is 16.2. The number of ether oxygens (including phenoxy) is 2. The maximum atomic E-state index is 9.51. The van der Waals surface area contributed by atoms with Gasteiger partial charge >= 0.3 is 0 Å². The van der Waals surface area contributed by atoms with E-state index in [4.69, 9.17) is 14.5 Å². The first kappa shape index (κ1) is 15.9. The van der Waals surface area contributed by atoms with Crippen molar-refractivity contribution in [3.8, 4) is 22.1 Å². The van der Waals surface area contributed by atoms with Gasteiger partial charge in [0.1, 0.15) is 5.01 Å². The molecular formula is C18H22N2O3S. The molecular weight excluding hydrogens is 324 g/mol. The number of nitrogens with one attached hydrogen (secondary N) is 1. The van der Waals surface area contributed by atoms with Gasteiger partial charge in [-0.3, -0.25) is 0 Å². The predicted molar refractivity (Wildman–Crippen MR) is 93.3 cm³/mol. The summed E-state index contributed by atoms with van der Waals surface area (Å²) in [5.41, 5.74) is 2.11. The Bertz CT molecular complexity index is 703. The maximum Gasteiger partial charge on any atom is 0.231 e. The molecule has 0 amide bonds. The number of fused-ring (bicyclic) bond motifs is 1. The molecule has 2 atom stereocenters. The molecule has 0 radical (unpaired) electrons. The molecule has 6 heteroatoms. The molecule has 2 heterocycles. The maximum absolute atomic E-state index is 9.51. The van der Waals surface area contributed by atoms with Gasteiger partial charge in [-0.2, -0.15) is 0 Å². The van der Waals surface area contributed by atoms with Crippen LogP contribution in [0.1, 0.15) is 31.4 Å². The van der Waals surface area contributed by atoms with Gasteiger partial charge in [0.05, 0.1) is 5.69 Å². The summed E-state index contributed by atoms with van der Waals surface area (Å²) in [4.78, 5) is 4.74. The lowest BCUT2D eigenvalue weighted by Crippen LogP contribution is -2.39. The summed E-state index contributed by atoms with van der Waals surface area (Å²) in [6.45, 7) is 1.32. The van der Waals surface area contributed by atoms with E-state index in [0.29, 0.717) is 18.8 Å². The molecule has 2 aliphatic rings. The smallest absolute Gasteiger partial charge is 0.231 e. The van der Waals surface area contributed by atoms with Crippen molar-refractivity contribution < 1.29 is 14.6 Å². The van der Waals surface area contributed by atoms with Gasteiger partial charge in [0.25, 0.3) is 0 Å². The molecule has 0 spiro atoms. The van der Waals surface area contributed by atoms with Gasteiger partial charge in [-0.25, -0.2) is 4.98 Å². The van der Waals surface area contributed by atoms with Gasteiger partial charge in [0, 0.05) is 30.1 Å². The van der Waals surface area contributed by atoms with E-state index in [1.165, 1.54) is 12.8 Å². The van der Waals surface area contributed by atoms with E-state index >= 15 is 0 Å². The molecule has 1 aliphatic carbocycles. The van der Waals surface area contributed by atoms with Crippen LogP contribution >= 0.6 is 11.3 Å². The second-order valence-electron chi connectivity index (χ2n) is 6.43. The third kappa shape index (κ3) is 3.27. The highest BCUT2D eigenvalue weighted by molar-refractivity contribution is 7.13. The number of rotatable bonds is 5. The average Bonchev–Trinajstić information content (AvgIpc) is 3.28. The van der Waals surface area contributed by atoms with Crippen LogP contribution in [0.3, 0.4) is 0 Å². The highest BCUT2D eigenvalue weighted by Crippen LogP contribution is 2.36. The molecule has 5 nitrogen and oxygen atoms in total. The van der Waals surface area contributed by atoms with Gasteiger partial charge in [-0.05, 0) is 37.0 Å². The van der Waals surface area contributed by atoms with Crippen molar-refractivity contribution in [2.24, 2.45) is 5.92 Å². The highest BCUT2D eigenvalue weighted by atomic mass is 32.1. The second-order valence-corrected chi connectivity index (χ2v) is 7.28. The van der Waals surface area contributed by atoms with Crippen LogP contribution in [0.4, 0.5) is 0 Å². The first-order valence-electron chi connectivity index (χ1n) is 8.52. The number of hydrogen-bond donors (Lipinski definition) is 2. The van der Waals surface area contributed by atoms with Crippen molar-refractivity contribution >= 4 is 11.3 Å². The number of nitrogens with zero attached hydrogens (tertiary/aromatic N) is 1. The monoisotopic (exact) mass is 346 g/mol. The predicted octanol–water partition coefficient (Wildman–Crippen LogP) is 3.18.